The van der Waals surface area contributed by atoms with Crippen molar-refractivity contribution < 1.29 is 52.7 Å². The summed E-state index contributed by atoms with van der Waals surface area (Å²) in [6.07, 6.45) is 19.5. The summed E-state index contributed by atoms with van der Waals surface area (Å²) in [6, 6.07) is 0. The number of amides is 2. The van der Waals surface area contributed by atoms with Crippen molar-refractivity contribution in [1.29, 1.82) is 0 Å². The molecule has 0 aliphatic carbocycles. The van der Waals surface area contributed by atoms with E-state index in [1.807, 2.05) is 0 Å². The van der Waals surface area contributed by atoms with E-state index in [2.05, 4.69) is 28.8 Å². The number of fused-ring (bicyclic) bond motifs is 1. The Bertz CT molecular complexity index is 1790. The van der Waals surface area contributed by atoms with Gasteiger partial charge in [0.1, 0.15) is 22.9 Å². The Morgan fingerprint density at radius 1 is 0.603 bits per heavy atom. The average Bonchev–Trinajstić information content (AvgIpc) is 3.80. The summed E-state index contributed by atoms with van der Waals surface area (Å²) in [4.78, 5) is 69.2. The number of unbranched alkanes of at least 4 members (excludes halogenated alkanes) is 20. The van der Waals surface area contributed by atoms with E-state index in [4.69, 9.17) is 28.4 Å². The molecular weight excluding hydrogens is 871 g/mol. The number of ether oxygens (including phenoxy) is 6. The lowest BCUT2D eigenvalue weighted by atomic mass is 10.1. The van der Waals surface area contributed by atoms with Crippen LogP contribution in [0.2, 0.25) is 0 Å². The smallest absolute Gasteiger partial charge is 0.427 e. The van der Waals surface area contributed by atoms with Crippen molar-refractivity contribution in [3.63, 3.8) is 0 Å². The Morgan fingerprint density at radius 2 is 1.01 bits per heavy atom. The number of carbonyl (C=O) groups excluding carboxylic acids is 4. The third-order valence-electron chi connectivity index (χ3n) is 11.4. The van der Waals surface area contributed by atoms with Crippen molar-refractivity contribution in [3.8, 4) is 5.88 Å². The van der Waals surface area contributed by atoms with Gasteiger partial charge in [-0.1, -0.05) is 142 Å². The van der Waals surface area contributed by atoms with E-state index in [-0.39, 0.29) is 29.9 Å². The van der Waals surface area contributed by atoms with Crippen LogP contribution in [0.4, 0.5) is 15.5 Å². The SMILES string of the molecule is CCCCCCCCCCCCCC(=O)O[C@@H]1[C@H](OC(=O)CCCCCCCCCCCCC)[C@@H](CO)O[C@H]1n1cnc2c(OC(C)(C)C)nc(N(C(=O)OC(C)(C)C)C(=O)OC(C)(C)C)nc21. The number of esters is 2. The van der Waals surface area contributed by atoms with Gasteiger partial charge in [-0.15, -0.1) is 4.90 Å². The van der Waals surface area contributed by atoms with Crippen LogP contribution in [0.25, 0.3) is 11.2 Å². The molecule has 3 rings (SSSR count). The Balaban J connectivity index is 1.93. The zero-order chi connectivity index (χ0) is 50.3. The number of anilines is 1. The fourth-order valence-corrected chi connectivity index (χ4v) is 8.02. The molecule has 0 unspecified atom stereocenters. The predicted octanol–water partition coefficient (Wildman–Crippen LogP) is 12.8. The molecule has 1 aliphatic heterocycles. The molecule has 0 saturated carbocycles. The molecule has 2 aromatic rings. The van der Waals surface area contributed by atoms with Gasteiger partial charge in [-0.05, 0) is 75.2 Å². The van der Waals surface area contributed by atoms with Crippen molar-refractivity contribution in [2.45, 2.75) is 272 Å². The quantitative estimate of drug-likeness (QED) is 0.0442. The molecule has 0 aromatic carbocycles. The highest BCUT2D eigenvalue weighted by Gasteiger charge is 2.51. The highest BCUT2D eigenvalue weighted by atomic mass is 16.6. The molecule has 1 N–H and O–H groups in total. The van der Waals surface area contributed by atoms with Gasteiger partial charge < -0.3 is 33.5 Å². The van der Waals surface area contributed by atoms with Gasteiger partial charge in [0.2, 0.25) is 11.8 Å². The highest BCUT2D eigenvalue weighted by molar-refractivity contribution is 6.08. The van der Waals surface area contributed by atoms with E-state index in [1.54, 1.807) is 62.3 Å². The summed E-state index contributed by atoms with van der Waals surface area (Å²) in [6.45, 7) is 19.2. The average molecular weight is 960 g/mol. The Morgan fingerprint density at radius 3 is 1.41 bits per heavy atom. The highest BCUT2D eigenvalue weighted by Crippen LogP contribution is 2.38. The van der Waals surface area contributed by atoms with E-state index >= 15 is 0 Å². The summed E-state index contributed by atoms with van der Waals surface area (Å²) in [7, 11) is 0. The topological polar surface area (TPSA) is 191 Å². The Hall–Kier alpha value is -4.05. The van der Waals surface area contributed by atoms with Crippen molar-refractivity contribution in [3.05, 3.63) is 6.33 Å². The van der Waals surface area contributed by atoms with Gasteiger partial charge in [0.05, 0.1) is 12.9 Å². The number of rotatable bonds is 30. The normalized spacial score (nSPS) is 17.6. The first-order valence-corrected chi connectivity index (χ1v) is 26.0. The van der Waals surface area contributed by atoms with Crippen LogP contribution in [0, 0.1) is 0 Å². The monoisotopic (exact) mass is 960 g/mol. The first-order valence-electron chi connectivity index (χ1n) is 26.0. The molecular formula is C52H89N5O11. The molecule has 388 valence electrons. The van der Waals surface area contributed by atoms with E-state index in [9.17, 15) is 24.3 Å². The number of aromatic nitrogens is 4. The summed E-state index contributed by atoms with van der Waals surface area (Å²) >= 11 is 0. The van der Waals surface area contributed by atoms with Crippen molar-refractivity contribution in [2.75, 3.05) is 11.5 Å². The molecule has 2 aromatic heterocycles. The lowest BCUT2D eigenvalue weighted by Crippen LogP contribution is -2.44. The largest absolute Gasteiger partial charge is 0.470 e. The predicted molar refractivity (Wildman–Crippen MR) is 264 cm³/mol. The zero-order valence-corrected chi connectivity index (χ0v) is 43.8. The minimum Gasteiger partial charge on any atom is -0.470 e. The molecule has 16 heteroatoms. The van der Waals surface area contributed by atoms with Crippen LogP contribution in [0.3, 0.4) is 0 Å². The molecule has 1 saturated heterocycles. The minimum atomic E-state index is -1.25. The fraction of sp³-hybridized carbons (Fsp3) is 0.827. The molecule has 16 nitrogen and oxygen atoms in total. The second-order valence-electron chi connectivity index (χ2n) is 21.4. The van der Waals surface area contributed by atoms with Crippen LogP contribution in [-0.2, 0) is 33.3 Å². The van der Waals surface area contributed by atoms with Crippen LogP contribution in [-0.4, -0.2) is 90.5 Å². The van der Waals surface area contributed by atoms with E-state index in [1.165, 1.54) is 101 Å². The first-order chi connectivity index (χ1) is 32.2. The maximum absolute atomic E-state index is 13.8. The third-order valence-corrected chi connectivity index (χ3v) is 11.4. The van der Waals surface area contributed by atoms with Crippen LogP contribution in [0.15, 0.2) is 6.33 Å². The van der Waals surface area contributed by atoms with Gasteiger partial charge in [0.25, 0.3) is 0 Å². The molecule has 3 heterocycles. The Kier molecular flexibility index (Phi) is 25.0. The second-order valence-corrected chi connectivity index (χ2v) is 21.4. The molecule has 1 aliphatic rings. The zero-order valence-electron chi connectivity index (χ0n) is 43.8. The Labute approximate surface area is 407 Å². The number of aliphatic hydroxyl groups is 1. The summed E-state index contributed by atoms with van der Waals surface area (Å²) < 4.78 is 37.6. The van der Waals surface area contributed by atoms with Gasteiger partial charge in [-0.2, -0.15) is 9.97 Å². The van der Waals surface area contributed by atoms with Crippen LogP contribution in [0.5, 0.6) is 5.88 Å². The summed E-state index contributed by atoms with van der Waals surface area (Å²) in [5.41, 5.74) is -2.72. The maximum Gasteiger partial charge on any atom is 0.427 e. The number of nitrogens with zero attached hydrogens (tertiary/aromatic N) is 5. The van der Waals surface area contributed by atoms with Crippen molar-refractivity contribution in [2.24, 2.45) is 0 Å². The lowest BCUT2D eigenvalue weighted by molar-refractivity contribution is -0.168. The fourth-order valence-electron chi connectivity index (χ4n) is 8.02. The van der Waals surface area contributed by atoms with Gasteiger partial charge in [0.15, 0.2) is 29.6 Å². The van der Waals surface area contributed by atoms with E-state index in [0.29, 0.717) is 17.7 Å². The molecule has 68 heavy (non-hydrogen) atoms. The van der Waals surface area contributed by atoms with Crippen molar-refractivity contribution in [1.82, 2.24) is 19.5 Å². The summed E-state index contributed by atoms with van der Waals surface area (Å²) in [5.74, 6) is -1.53. The molecule has 0 spiro atoms. The van der Waals surface area contributed by atoms with Crippen LogP contribution in [0.1, 0.15) is 236 Å². The summed E-state index contributed by atoms with van der Waals surface area (Å²) in [5, 5.41) is 10.7. The van der Waals surface area contributed by atoms with Gasteiger partial charge in [-0.3, -0.25) is 14.2 Å². The molecule has 2 amide bonds. The van der Waals surface area contributed by atoms with E-state index < -0.39 is 78.0 Å². The van der Waals surface area contributed by atoms with Crippen molar-refractivity contribution >= 4 is 41.2 Å². The second kappa shape index (κ2) is 29.2. The van der Waals surface area contributed by atoms with E-state index in [0.717, 1.165) is 38.5 Å². The minimum absolute atomic E-state index is 0.0207. The first kappa shape index (κ1) is 58.3. The lowest BCUT2D eigenvalue weighted by Gasteiger charge is -2.28. The third kappa shape index (κ3) is 21.3. The number of hydrogen-bond acceptors (Lipinski definition) is 14. The number of hydrogen-bond donors (Lipinski definition) is 1. The van der Waals surface area contributed by atoms with Crippen LogP contribution < -0.4 is 9.64 Å². The standard InChI is InChI=1S/C52H89N5O11/c1-12-14-16-18-20-22-24-26-28-30-32-34-39(59)64-42-38(36-58)63-46(43(42)65-40(60)35-33-31-29-27-25-23-21-19-17-15-13-2)56-37-53-41-44(56)54-47(55-45(41)66-50(3,4)5)57(48(61)67-51(6,7)8)49(62)68-52(9,10)11/h37-38,42-43,46,58H,12-36H2,1-11H3/t38-,42-,43-,46-/m1/s1. The van der Waals surface area contributed by atoms with Gasteiger partial charge in [-0.25, -0.2) is 14.6 Å². The number of aliphatic hydroxyl groups excluding tert-OH is 1. The molecule has 4 atom stereocenters. The van der Waals surface area contributed by atoms with Gasteiger partial charge >= 0.3 is 24.1 Å². The molecule has 1 fully saturated rings. The molecule has 0 radical (unpaired) electrons. The van der Waals surface area contributed by atoms with Gasteiger partial charge in [0, 0.05) is 12.8 Å². The maximum atomic E-state index is 13.8. The molecule has 0 bridgehead atoms. The number of imide groups is 1. The number of imidazole rings is 1. The number of carbonyl (C=O) groups is 4. The van der Waals surface area contributed by atoms with Crippen LogP contribution >= 0.6 is 0 Å².